The third kappa shape index (κ3) is 4.06. The van der Waals surface area contributed by atoms with Crippen LogP contribution in [0.25, 0.3) is 0 Å². The van der Waals surface area contributed by atoms with Crippen molar-refractivity contribution < 1.29 is 31.9 Å². The van der Waals surface area contributed by atoms with E-state index in [4.69, 9.17) is 0 Å². The van der Waals surface area contributed by atoms with Crippen LogP contribution in [0.5, 0.6) is 0 Å². The number of nitrogens with zero attached hydrogens (tertiary/aromatic N) is 4. The second kappa shape index (κ2) is 8.51. The van der Waals surface area contributed by atoms with Gasteiger partial charge in [0.2, 0.25) is 5.91 Å². The molecule has 2 fully saturated rings. The maximum Gasteiger partial charge on any atom is 0.416 e. The first-order valence-electron chi connectivity index (χ1n) is 10.8. The van der Waals surface area contributed by atoms with Gasteiger partial charge in [0.15, 0.2) is 17.2 Å². The number of rotatable bonds is 3. The highest BCUT2D eigenvalue weighted by Crippen LogP contribution is 2.41. The second-order valence-electron chi connectivity index (χ2n) is 8.71. The summed E-state index contributed by atoms with van der Waals surface area (Å²) in [5.74, 6) is -2.23. The number of amides is 4. The summed E-state index contributed by atoms with van der Waals surface area (Å²) in [6.45, 7) is 2.40. The van der Waals surface area contributed by atoms with Crippen molar-refractivity contribution in [2.75, 3.05) is 31.6 Å². The molecule has 0 saturated carbocycles. The van der Waals surface area contributed by atoms with E-state index in [-0.39, 0.29) is 18.9 Å². The molecule has 4 rings (SSSR count). The van der Waals surface area contributed by atoms with E-state index in [9.17, 15) is 31.9 Å². The Morgan fingerprint density at radius 3 is 2.34 bits per heavy atom. The minimum atomic E-state index is -4.52. The van der Waals surface area contributed by atoms with Crippen LogP contribution in [0.15, 0.2) is 36.5 Å². The van der Waals surface area contributed by atoms with E-state index < -0.39 is 53.5 Å². The zero-order chi connectivity index (χ0) is 25.7. The van der Waals surface area contributed by atoms with Gasteiger partial charge in [0.1, 0.15) is 6.54 Å². The summed E-state index contributed by atoms with van der Waals surface area (Å²) in [5, 5.41) is 2.45. The molecule has 1 atom stereocenters. The Labute approximate surface area is 198 Å². The fourth-order valence-corrected chi connectivity index (χ4v) is 4.63. The highest BCUT2D eigenvalue weighted by Gasteiger charge is 2.62. The lowest BCUT2D eigenvalue weighted by Crippen LogP contribution is -2.82. The van der Waals surface area contributed by atoms with Crippen LogP contribution in [0.3, 0.4) is 0 Å². The lowest BCUT2D eigenvalue weighted by molar-refractivity contribution is -0.164. The first-order valence-corrected chi connectivity index (χ1v) is 10.8. The summed E-state index contributed by atoms with van der Waals surface area (Å²) in [5.41, 5.74) is -1.46. The summed E-state index contributed by atoms with van der Waals surface area (Å²) < 4.78 is 53.7. The summed E-state index contributed by atoms with van der Waals surface area (Å²) in [6.07, 6.45) is -3.15. The number of anilines is 1. The Kier molecular flexibility index (Phi) is 5.94. The van der Waals surface area contributed by atoms with Crippen molar-refractivity contribution in [2.45, 2.75) is 31.6 Å². The highest BCUT2D eigenvalue weighted by atomic mass is 19.4. The summed E-state index contributed by atoms with van der Waals surface area (Å²) in [4.78, 5) is 46.8. The number of benzene rings is 1. The second-order valence-corrected chi connectivity index (χ2v) is 8.71. The number of aromatic nitrogens is 1. The maximum absolute atomic E-state index is 14.7. The summed E-state index contributed by atoms with van der Waals surface area (Å²) >= 11 is 0. The zero-order valence-corrected chi connectivity index (χ0v) is 19.2. The van der Waals surface area contributed by atoms with E-state index in [2.05, 4.69) is 10.3 Å². The lowest BCUT2D eigenvalue weighted by Gasteiger charge is -2.59. The first kappa shape index (κ1) is 24.4. The molecule has 0 bridgehead atoms. The van der Waals surface area contributed by atoms with Crippen LogP contribution in [0.1, 0.15) is 29.7 Å². The number of carbonyl (C=O) groups is 3. The molecule has 186 valence electrons. The van der Waals surface area contributed by atoms with Crippen molar-refractivity contribution in [1.82, 2.24) is 20.1 Å². The average Bonchev–Trinajstić information content (AvgIpc) is 2.77. The quantitative estimate of drug-likeness (QED) is 0.667. The number of piperazine rings is 1. The molecule has 4 amide bonds. The van der Waals surface area contributed by atoms with E-state index in [0.29, 0.717) is 11.1 Å². The van der Waals surface area contributed by atoms with E-state index in [0.717, 1.165) is 17.0 Å². The van der Waals surface area contributed by atoms with Crippen molar-refractivity contribution in [1.29, 1.82) is 0 Å². The van der Waals surface area contributed by atoms with Crippen LogP contribution in [0.2, 0.25) is 0 Å². The first-order chi connectivity index (χ1) is 16.4. The Morgan fingerprint density at radius 1 is 1.17 bits per heavy atom. The Morgan fingerprint density at radius 2 is 1.80 bits per heavy atom. The molecule has 3 heterocycles. The van der Waals surface area contributed by atoms with Gasteiger partial charge in [0.25, 0.3) is 5.91 Å². The number of likely N-dealkylation sites (tertiary alicyclic amines) is 1. The van der Waals surface area contributed by atoms with Gasteiger partial charge in [-0.1, -0.05) is 12.1 Å². The number of halogens is 4. The molecule has 1 aromatic carbocycles. The monoisotopic (exact) mass is 493 g/mol. The molecule has 1 aromatic heterocycles. The zero-order valence-electron chi connectivity index (χ0n) is 19.2. The minimum Gasteiger partial charge on any atom is -0.341 e. The molecule has 1 spiro atoms. The van der Waals surface area contributed by atoms with Crippen molar-refractivity contribution in [3.05, 3.63) is 59.0 Å². The largest absolute Gasteiger partial charge is 0.416 e. The van der Waals surface area contributed by atoms with Gasteiger partial charge in [-0.2, -0.15) is 13.2 Å². The van der Waals surface area contributed by atoms with Crippen molar-refractivity contribution in [2.24, 2.45) is 0 Å². The highest BCUT2D eigenvalue weighted by molar-refractivity contribution is 6.10. The van der Waals surface area contributed by atoms with E-state index in [1.807, 2.05) is 0 Å². The van der Waals surface area contributed by atoms with Crippen molar-refractivity contribution in [3.63, 3.8) is 0 Å². The number of hydrogen-bond acceptors (Lipinski definition) is 4. The number of carbonyl (C=O) groups excluding carboxylic acids is 3. The Bertz CT molecular complexity index is 1180. The smallest absolute Gasteiger partial charge is 0.341 e. The fourth-order valence-electron chi connectivity index (χ4n) is 4.63. The number of aryl methyl sites for hydroxylation is 1. The van der Waals surface area contributed by atoms with Crippen molar-refractivity contribution >= 4 is 23.7 Å². The molecule has 0 unspecified atom stereocenters. The molecule has 2 aromatic rings. The van der Waals surface area contributed by atoms with Crippen LogP contribution in [-0.4, -0.2) is 64.9 Å². The van der Waals surface area contributed by atoms with E-state index in [1.165, 1.54) is 41.2 Å². The number of nitrogens with one attached hydrogen (secondary N) is 1. The predicted molar refractivity (Wildman–Crippen MR) is 117 cm³/mol. The van der Waals surface area contributed by atoms with Gasteiger partial charge in [-0.05, 0) is 43.2 Å². The third-order valence-electron chi connectivity index (χ3n) is 6.39. The summed E-state index contributed by atoms with van der Waals surface area (Å²) in [7, 11) is 1.42. The number of hydrogen-bond donors (Lipinski definition) is 1. The Balaban J connectivity index is 1.72. The molecule has 0 radical (unpaired) electrons. The van der Waals surface area contributed by atoms with Crippen LogP contribution in [-0.2, 0) is 15.8 Å². The molecule has 8 nitrogen and oxygen atoms in total. The molecular formula is C23H23F4N5O3. The van der Waals surface area contributed by atoms with Gasteiger partial charge in [-0.3, -0.25) is 14.5 Å². The van der Waals surface area contributed by atoms with Gasteiger partial charge in [-0.25, -0.2) is 14.2 Å². The molecule has 1 N–H and O–H groups in total. The number of urea groups is 1. The van der Waals surface area contributed by atoms with Gasteiger partial charge in [0.05, 0.1) is 24.7 Å². The standard InChI is InChI=1S/C23H23F4N5O3/c1-13-8-17(24)19(29-9-13)31-10-18(33)32(22(20(31)34)11-30(12-22)21(35)28-3)14(2)15-4-6-16(7-5-15)23(25,26)27/h4-9,14H,10-12H2,1-3H3,(H,28,35)/t14-/m0/s1. The number of pyridine rings is 1. The lowest BCUT2D eigenvalue weighted by atomic mass is 9.81. The molecule has 35 heavy (non-hydrogen) atoms. The third-order valence-corrected chi connectivity index (χ3v) is 6.39. The van der Waals surface area contributed by atoms with Gasteiger partial charge < -0.3 is 15.1 Å². The molecular weight excluding hydrogens is 470 g/mol. The van der Waals surface area contributed by atoms with E-state index >= 15 is 0 Å². The summed E-state index contributed by atoms with van der Waals surface area (Å²) in [6, 6.07) is 4.26. The maximum atomic E-state index is 14.7. The average molecular weight is 493 g/mol. The van der Waals surface area contributed by atoms with Gasteiger partial charge in [0, 0.05) is 13.2 Å². The molecule has 2 saturated heterocycles. The molecule has 2 aliphatic rings. The van der Waals surface area contributed by atoms with E-state index in [1.54, 1.807) is 13.8 Å². The minimum absolute atomic E-state index is 0.161. The predicted octanol–water partition coefficient (Wildman–Crippen LogP) is 2.88. The van der Waals surface area contributed by atoms with Crippen LogP contribution in [0.4, 0.5) is 28.2 Å². The SMILES string of the molecule is CNC(=O)N1CC2(C1)C(=O)N(c1ncc(C)cc1F)CC(=O)N2[C@@H](C)c1ccc(C(F)(F)F)cc1. The van der Waals surface area contributed by atoms with Crippen LogP contribution in [0, 0.1) is 12.7 Å². The topological polar surface area (TPSA) is 85.9 Å². The molecule has 0 aliphatic carbocycles. The fraction of sp³-hybridized carbons (Fsp3) is 0.391. The van der Waals surface area contributed by atoms with Crippen molar-refractivity contribution in [3.8, 4) is 0 Å². The van der Waals surface area contributed by atoms with Gasteiger partial charge >= 0.3 is 12.2 Å². The molecule has 12 heteroatoms. The number of alkyl halides is 3. The Hall–Kier alpha value is -3.70. The molecule has 2 aliphatic heterocycles. The van der Waals surface area contributed by atoms with Gasteiger partial charge in [-0.15, -0.1) is 0 Å². The normalized spacial score (nSPS) is 18.5. The van der Waals surface area contributed by atoms with Crippen LogP contribution >= 0.6 is 0 Å². The van der Waals surface area contributed by atoms with Crippen LogP contribution < -0.4 is 10.2 Å².